The van der Waals surface area contributed by atoms with Crippen LogP contribution in [-0.4, -0.2) is 38.1 Å². The molecule has 0 amide bonds. The minimum atomic E-state index is 0.400. The van der Waals surface area contributed by atoms with Crippen LogP contribution in [0.4, 0.5) is 0 Å². The van der Waals surface area contributed by atoms with Crippen LogP contribution in [0.25, 0.3) is 0 Å². The molecule has 0 atom stereocenters. The van der Waals surface area contributed by atoms with Crippen LogP contribution in [0, 0.1) is 10.8 Å². The third-order valence-electron chi connectivity index (χ3n) is 4.44. The van der Waals surface area contributed by atoms with Crippen LogP contribution in [-0.2, 0) is 0 Å². The molecule has 1 aliphatic rings. The van der Waals surface area contributed by atoms with Crippen molar-refractivity contribution in [1.82, 2.24) is 10.2 Å². The van der Waals surface area contributed by atoms with Crippen molar-refractivity contribution in [2.24, 2.45) is 10.8 Å². The van der Waals surface area contributed by atoms with Gasteiger partial charge >= 0.3 is 0 Å². The zero-order valence-corrected chi connectivity index (χ0v) is 14.7. The van der Waals surface area contributed by atoms with Crippen LogP contribution >= 0.6 is 0 Å². The monoisotopic (exact) mass is 282 g/mol. The molecule has 0 spiro atoms. The number of hydrogen-bond acceptors (Lipinski definition) is 2. The maximum absolute atomic E-state index is 3.71. The topological polar surface area (TPSA) is 15.3 Å². The molecule has 0 aromatic rings. The van der Waals surface area contributed by atoms with E-state index in [9.17, 15) is 0 Å². The Morgan fingerprint density at radius 3 is 2.15 bits per heavy atom. The summed E-state index contributed by atoms with van der Waals surface area (Å²) < 4.78 is 0. The lowest BCUT2D eigenvalue weighted by Crippen LogP contribution is -2.45. The summed E-state index contributed by atoms with van der Waals surface area (Å²) >= 11 is 0. The fraction of sp³-hybridized carbons (Fsp3) is 1.00. The predicted octanol–water partition coefficient (Wildman–Crippen LogP) is 4.30. The molecule has 0 aromatic heterocycles. The van der Waals surface area contributed by atoms with Crippen LogP contribution in [0.2, 0.25) is 0 Å². The van der Waals surface area contributed by atoms with Gasteiger partial charge in [-0.3, -0.25) is 0 Å². The van der Waals surface area contributed by atoms with Crippen molar-refractivity contribution in [2.45, 2.75) is 72.6 Å². The van der Waals surface area contributed by atoms with Crippen molar-refractivity contribution in [3.05, 3.63) is 0 Å². The molecule has 1 aliphatic carbocycles. The summed E-state index contributed by atoms with van der Waals surface area (Å²) in [7, 11) is 2.32. The summed E-state index contributed by atoms with van der Waals surface area (Å²) in [6.45, 7) is 14.2. The molecule has 20 heavy (non-hydrogen) atoms. The molecule has 1 N–H and O–H groups in total. The van der Waals surface area contributed by atoms with Gasteiger partial charge in [-0.15, -0.1) is 0 Å². The van der Waals surface area contributed by atoms with Gasteiger partial charge in [0, 0.05) is 19.6 Å². The predicted molar refractivity (Wildman–Crippen MR) is 90.2 cm³/mol. The highest BCUT2D eigenvalue weighted by Crippen LogP contribution is 2.35. The van der Waals surface area contributed by atoms with E-state index in [2.05, 4.69) is 45.0 Å². The standard InChI is InChI=1S/C18H38N2/c1-6-13-19-14-18(11-9-7-8-10-12-18)16-20(5)15-17(2,3)4/h19H,6-16H2,1-5H3. The fourth-order valence-electron chi connectivity index (χ4n) is 3.84. The zero-order chi connectivity index (χ0) is 15.1. The first-order chi connectivity index (χ1) is 9.37. The van der Waals surface area contributed by atoms with E-state index in [1.165, 1.54) is 71.1 Å². The first kappa shape index (κ1) is 18.0. The van der Waals surface area contributed by atoms with Gasteiger partial charge in [0.1, 0.15) is 0 Å². The van der Waals surface area contributed by atoms with E-state index in [1.54, 1.807) is 0 Å². The van der Waals surface area contributed by atoms with Crippen molar-refractivity contribution in [2.75, 3.05) is 33.2 Å². The lowest BCUT2D eigenvalue weighted by Gasteiger charge is -2.39. The largest absolute Gasteiger partial charge is 0.316 e. The van der Waals surface area contributed by atoms with Crippen LogP contribution in [0.5, 0.6) is 0 Å². The summed E-state index contributed by atoms with van der Waals surface area (Å²) in [4.78, 5) is 2.58. The van der Waals surface area contributed by atoms with Gasteiger partial charge in [-0.25, -0.2) is 0 Å². The van der Waals surface area contributed by atoms with E-state index >= 15 is 0 Å². The van der Waals surface area contributed by atoms with Crippen LogP contribution in [0.1, 0.15) is 72.6 Å². The van der Waals surface area contributed by atoms with E-state index in [0.29, 0.717) is 10.8 Å². The third-order valence-corrected chi connectivity index (χ3v) is 4.44. The van der Waals surface area contributed by atoms with Gasteiger partial charge in [-0.05, 0) is 43.7 Å². The van der Waals surface area contributed by atoms with Gasteiger partial charge in [-0.2, -0.15) is 0 Å². The van der Waals surface area contributed by atoms with Crippen LogP contribution < -0.4 is 5.32 Å². The summed E-state index contributed by atoms with van der Waals surface area (Å²) in [6, 6.07) is 0. The Morgan fingerprint density at radius 2 is 1.65 bits per heavy atom. The summed E-state index contributed by atoms with van der Waals surface area (Å²) in [5, 5.41) is 3.71. The molecule has 0 heterocycles. The van der Waals surface area contributed by atoms with Gasteiger partial charge in [0.25, 0.3) is 0 Å². The Kier molecular flexibility index (Phi) is 7.53. The van der Waals surface area contributed by atoms with Crippen molar-refractivity contribution in [3.63, 3.8) is 0 Å². The molecule has 0 bridgehead atoms. The summed E-state index contributed by atoms with van der Waals surface area (Å²) in [5.41, 5.74) is 0.920. The Balaban J connectivity index is 2.60. The van der Waals surface area contributed by atoms with Gasteiger partial charge in [-0.1, -0.05) is 53.4 Å². The van der Waals surface area contributed by atoms with Gasteiger partial charge in [0.05, 0.1) is 0 Å². The number of nitrogens with one attached hydrogen (secondary N) is 1. The molecule has 0 aliphatic heterocycles. The number of nitrogens with zero attached hydrogens (tertiary/aromatic N) is 1. The quantitative estimate of drug-likeness (QED) is 0.553. The first-order valence-electron chi connectivity index (χ1n) is 8.76. The molecular weight excluding hydrogens is 244 g/mol. The van der Waals surface area contributed by atoms with Gasteiger partial charge in [0.2, 0.25) is 0 Å². The van der Waals surface area contributed by atoms with Crippen molar-refractivity contribution in [3.8, 4) is 0 Å². The average Bonchev–Trinajstić information content (AvgIpc) is 2.53. The van der Waals surface area contributed by atoms with Crippen LogP contribution in [0.3, 0.4) is 0 Å². The van der Waals surface area contributed by atoms with Gasteiger partial charge in [0.15, 0.2) is 0 Å². The molecule has 120 valence electrons. The molecular formula is C18H38N2. The van der Waals surface area contributed by atoms with E-state index in [1.807, 2.05) is 0 Å². The maximum Gasteiger partial charge on any atom is 0.00473 e. The molecule has 1 saturated carbocycles. The molecule has 2 nitrogen and oxygen atoms in total. The molecule has 2 heteroatoms. The lowest BCUT2D eigenvalue weighted by atomic mass is 9.79. The first-order valence-corrected chi connectivity index (χ1v) is 8.76. The van der Waals surface area contributed by atoms with E-state index in [0.717, 1.165) is 0 Å². The second kappa shape index (κ2) is 8.38. The zero-order valence-electron chi connectivity index (χ0n) is 14.7. The molecule has 1 rings (SSSR count). The smallest absolute Gasteiger partial charge is 0.00473 e. The van der Waals surface area contributed by atoms with E-state index < -0.39 is 0 Å². The van der Waals surface area contributed by atoms with Crippen LogP contribution in [0.15, 0.2) is 0 Å². The minimum Gasteiger partial charge on any atom is -0.316 e. The third kappa shape index (κ3) is 7.08. The Hall–Kier alpha value is -0.0800. The highest BCUT2D eigenvalue weighted by atomic mass is 15.1. The minimum absolute atomic E-state index is 0.400. The van der Waals surface area contributed by atoms with Crippen molar-refractivity contribution in [1.29, 1.82) is 0 Å². The fourth-order valence-corrected chi connectivity index (χ4v) is 3.84. The molecule has 0 aromatic carbocycles. The normalized spacial score (nSPS) is 20.1. The molecule has 1 fully saturated rings. The molecule has 0 unspecified atom stereocenters. The SMILES string of the molecule is CCCNCC1(CN(C)CC(C)(C)C)CCCCCC1. The van der Waals surface area contributed by atoms with Gasteiger partial charge < -0.3 is 10.2 Å². The molecule has 0 saturated heterocycles. The maximum atomic E-state index is 3.71. The highest BCUT2D eigenvalue weighted by molar-refractivity contribution is 4.87. The number of hydrogen-bond donors (Lipinski definition) is 1. The van der Waals surface area contributed by atoms with Crippen molar-refractivity contribution < 1.29 is 0 Å². The highest BCUT2D eigenvalue weighted by Gasteiger charge is 2.32. The number of rotatable bonds is 7. The second-order valence-corrected chi connectivity index (χ2v) is 8.32. The second-order valence-electron chi connectivity index (χ2n) is 8.32. The molecule has 0 radical (unpaired) electrons. The Bertz CT molecular complexity index is 247. The van der Waals surface area contributed by atoms with Crippen molar-refractivity contribution >= 4 is 0 Å². The summed E-state index contributed by atoms with van der Waals surface area (Å²) in [6.07, 6.45) is 9.82. The van der Waals surface area contributed by atoms with E-state index in [-0.39, 0.29) is 0 Å². The lowest BCUT2D eigenvalue weighted by molar-refractivity contribution is 0.119. The Labute approximate surface area is 127 Å². The van der Waals surface area contributed by atoms with E-state index in [4.69, 9.17) is 0 Å². The average molecular weight is 283 g/mol. The Morgan fingerprint density at radius 1 is 1.05 bits per heavy atom. The summed E-state index contributed by atoms with van der Waals surface area (Å²) in [5.74, 6) is 0.